The number of carbonyl (C=O) groups excluding carboxylic acids is 1. The van der Waals surface area contributed by atoms with Crippen LogP contribution in [0.25, 0.3) is 0 Å². The van der Waals surface area contributed by atoms with E-state index in [4.69, 9.17) is 5.11 Å². The molecule has 0 radical (unpaired) electrons. The fourth-order valence-corrected chi connectivity index (χ4v) is 1.77. The molecule has 0 aliphatic carbocycles. The summed E-state index contributed by atoms with van der Waals surface area (Å²) in [6.45, 7) is 3.87. The summed E-state index contributed by atoms with van der Waals surface area (Å²) in [5.74, 6) is 0. The molecular weight excluding hydrogens is 240 g/mol. The molecule has 0 aromatic heterocycles. The van der Waals surface area contributed by atoms with Crippen LogP contribution in [0.15, 0.2) is 24.3 Å². The zero-order chi connectivity index (χ0) is 14.1. The van der Waals surface area contributed by atoms with Crippen LogP contribution >= 0.6 is 0 Å². The minimum atomic E-state index is -0.291. The second kappa shape index (κ2) is 8.53. The molecule has 0 spiro atoms. The largest absolute Gasteiger partial charge is 0.394 e. The first-order chi connectivity index (χ1) is 9.15. The summed E-state index contributed by atoms with van der Waals surface area (Å²) in [5, 5.41) is 14.2. The standard InChI is InChI=1S/C15H24N2O2/c1-3-4-5-6-13-7-9-14(10-8-13)17-15(19)16-12(2)11-18/h7-10,12,18H,3-6,11H2,1-2H3,(H2,16,17,19). The Morgan fingerprint density at radius 2 is 1.95 bits per heavy atom. The lowest BCUT2D eigenvalue weighted by Gasteiger charge is -2.12. The van der Waals surface area contributed by atoms with E-state index in [-0.39, 0.29) is 18.7 Å². The topological polar surface area (TPSA) is 61.4 Å². The molecule has 1 aromatic carbocycles. The number of benzene rings is 1. The SMILES string of the molecule is CCCCCc1ccc(NC(=O)NC(C)CO)cc1. The molecule has 1 aromatic rings. The highest BCUT2D eigenvalue weighted by atomic mass is 16.3. The third-order valence-corrected chi connectivity index (χ3v) is 2.93. The maximum atomic E-state index is 11.5. The fourth-order valence-electron chi connectivity index (χ4n) is 1.77. The van der Waals surface area contributed by atoms with Crippen molar-refractivity contribution in [3.63, 3.8) is 0 Å². The zero-order valence-corrected chi connectivity index (χ0v) is 11.8. The van der Waals surface area contributed by atoms with Crippen molar-refractivity contribution in [1.29, 1.82) is 0 Å². The average molecular weight is 264 g/mol. The lowest BCUT2D eigenvalue weighted by Crippen LogP contribution is -2.38. The van der Waals surface area contributed by atoms with Crippen molar-refractivity contribution in [3.8, 4) is 0 Å². The van der Waals surface area contributed by atoms with Gasteiger partial charge in [0.15, 0.2) is 0 Å². The van der Waals surface area contributed by atoms with Gasteiger partial charge in [-0.25, -0.2) is 4.79 Å². The van der Waals surface area contributed by atoms with Crippen molar-refractivity contribution >= 4 is 11.7 Å². The summed E-state index contributed by atoms with van der Waals surface area (Å²) in [7, 11) is 0. The number of rotatable bonds is 7. The number of amides is 2. The quantitative estimate of drug-likeness (QED) is 0.663. The van der Waals surface area contributed by atoms with E-state index < -0.39 is 0 Å². The van der Waals surface area contributed by atoms with E-state index in [2.05, 4.69) is 17.6 Å². The van der Waals surface area contributed by atoms with Crippen molar-refractivity contribution in [2.24, 2.45) is 0 Å². The summed E-state index contributed by atoms with van der Waals surface area (Å²) < 4.78 is 0. The van der Waals surface area contributed by atoms with E-state index in [0.29, 0.717) is 0 Å². The van der Waals surface area contributed by atoms with Gasteiger partial charge in [-0.05, 0) is 37.5 Å². The number of unbranched alkanes of at least 4 members (excludes halogenated alkanes) is 2. The molecule has 4 heteroatoms. The van der Waals surface area contributed by atoms with Crippen LogP contribution in [0.5, 0.6) is 0 Å². The van der Waals surface area contributed by atoms with Crippen LogP contribution in [0.4, 0.5) is 10.5 Å². The van der Waals surface area contributed by atoms with Crippen molar-refractivity contribution in [1.82, 2.24) is 5.32 Å². The van der Waals surface area contributed by atoms with Crippen LogP contribution in [0.1, 0.15) is 38.7 Å². The fraction of sp³-hybridized carbons (Fsp3) is 0.533. The van der Waals surface area contributed by atoms with Crippen LogP contribution in [0, 0.1) is 0 Å². The van der Waals surface area contributed by atoms with Gasteiger partial charge in [-0.15, -0.1) is 0 Å². The van der Waals surface area contributed by atoms with E-state index in [0.717, 1.165) is 12.1 Å². The Hall–Kier alpha value is -1.55. The number of urea groups is 1. The third-order valence-electron chi connectivity index (χ3n) is 2.93. The first-order valence-corrected chi connectivity index (χ1v) is 6.93. The number of hydrogen-bond donors (Lipinski definition) is 3. The van der Waals surface area contributed by atoms with Gasteiger partial charge in [-0.2, -0.15) is 0 Å². The monoisotopic (exact) mass is 264 g/mol. The van der Waals surface area contributed by atoms with Crippen LogP contribution in [0.3, 0.4) is 0 Å². The molecule has 106 valence electrons. The number of anilines is 1. The molecule has 1 atom stereocenters. The van der Waals surface area contributed by atoms with E-state index in [1.807, 2.05) is 24.3 Å². The van der Waals surface area contributed by atoms with Crippen molar-refractivity contribution in [2.75, 3.05) is 11.9 Å². The molecule has 0 saturated carbocycles. The number of aryl methyl sites for hydroxylation is 1. The molecule has 0 fully saturated rings. The predicted octanol–water partition coefficient (Wildman–Crippen LogP) is 2.92. The highest BCUT2D eigenvalue weighted by Gasteiger charge is 2.05. The molecule has 1 rings (SSSR count). The van der Waals surface area contributed by atoms with E-state index in [1.165, 1.54) is 24.8 Å². The molecule has 3 N–H and O–H groups in total. The molecule has 0 aliphatic rings. The van der Waals surface area contributed by atoms with Crippen LogP contribution in [0.2, 0.25) is 0 Å². The van der Waals surface area contributed by atoms with Crippen molar-refractivity contribution < 1.29 is 9.90 Å². The Kier molecular flexibility index (Phi) is 6.97. The number of aliphatic hydroxyl groups is 1. The summed E-state index contributed by atoms with van der Waals surface area (Å²) in [4.78, 5) is 11.5. The second-order valence-electron chi connectivity index (χ2n) is 4.84. The van der Waals surface area contributed by atoms with Gasteiger partial charge in [0, 0.05) is 5.69 Å². The smallest absolute Gasteiger partial charge is 0.319 e. The summed E-state index contributed by atoms with van der Waals surface area (Å²) in [6.07, 6.45) is 4.77. The Labute approximate surface area is 115 Å². The van der Waals surface area contributed by atoms with Gasteiger partial charge in [0.05, 0.1) is 12.6 Å². The van der Waals surface area contributed by atoms with Gasteiger partial charge < -0.3 is 15.7 Å². The van der Waals surface area contributed by atoms with Crippen molar-refractivity contribution in [3.05, 3.63) is 29.8 Å². The van der Waals surface area contributed by atoms with Gasteiger partial charge in [-0.3, -0.25) is 0 Å². The number of aliphatic hydroxyl groups excluding tert-OH is 1. The molecule has 0 heterocycles. The van der Waals surface area contributed by atoms with Gasteiger partial charge in [0.2, 0.25) is 0 Å². The van der Waals surface area contributed by atoms with Gasteiger partial charge in [-0.1, -0.05) is 31.9 Å². The Morgan fingerprint density at radius 1 is 1.26 bits per heavy atom. The van der Waals surface area contributed by atoms with E-state index in [1.54, 1.807) is 6.92 Å². The average Bonchev–Trinajstić information content (AvgIpc) is 2.40. The molecule has 19 heavy (non-hydrogen) atoms. The van der Waals surface area contributed by atoms with Crippen LogP contribution in [-0.4, -0.2) is 23.8 Å². The molecular formula is C15H24N2O2. The van der Waals surface area contributed by atoms with Crippen LogP contribution < -0.4 is 10.6 Å². The Bertz CT molecular complexity index is 376. The first-order valence-electron chi connectivity index (χ1n) is 6.93. The molecule has 0 saturated heterocycles. The predicted molar refractivity (Wildman–Crippen MR) is 78.4 cm³/mol. The molecule has 1 unspecified atom stereocenters. The second-order valence-corrected chi connectivity index (χ2v) is 4.84. The van der Waals surface area contributed by atoms with Gasteiger partial charge in [0.25, 0.3) is 0 Å². The molecule has 0 aliphatic heterocycles. The molecule has 4 nitrogen and oxygen atoms in total. The van der Waals surface area contributed by atoms with Crippen LogP contribution in [-0.2, 0) is 6.42 Å². The lowest BCUT2D eigenvalue weighted by atomic mass is 10.1. The van der Waals surface area contributed by atoms with Gasteiger partial charge in [0.1, 0.15) is 0 Å². The Balaban J connectivity index is 2.41. The number of carbonyl (C=O) groups is 1. The maximum absolute atomic E-state index is 11.5. The maximum Gasteiger partial charge on any atom is 0.319 e. The summed E-state index contributed by atoms with van der Waals surface area (Å²) in [5.41, 5.74) is 2.06. The minimum Gasteiger partial charge on any atom is -0.394 e. The zero-order valence-electron chi connectivity index (χ0n) is 11.8. The number of nitrogens with one attached hydrogen (secondary N) is 2. The normalized spacial score (nSPS) is 11.9. The molecule has 2 amide bonds. The van der Waals surface area contributed by atoms with Crippen molar-refractivity contribution in [2.45, 2.75) is 45.6 Å². The summed E-state index contributed by atoms with van der Waals surface area (Å²) in [6, 6.07) is 7.37. The number of hydrogen-bond acceptors (Lipinski definition) is 2. The lowest BCUT2D eigenvalue weighted by molar-refractivity contribution is 0.229. The highest BCUT2D eigenvalue weighted by molar-refractivity contribution is 5.89. The Morgan fingerprint density at radius 3 is 2.53 bits per heavy atom. The minimum absolute atomic E-state index is 0.0657. The first kappa shape index (κ1) is 15.5. The third kappa shape index (κ3) is 6.25. The summed E-state index contributed by atoms with van der Waals surface area (Å²) >= 11 is 0. The molecule has 0 bridgehead atoms. The van der Waals surface area contributed by atoms with Gasteiger partial charge >= 0.3 is 6.03 Å². The van der Waals surface area contributed by atoms with E-state index >= 15 is 0 Å². The van der Waals surface area contributed by atoms with E-state index in [9.17, 15) is 4.79 Å². The highest BCUT2D eigenvalue weighted by Crippen LogP contribution is 2.12.